The number of fused-ring (bicyclic) bond motifs is 1. The van der Waals surface area contributed by atoms with E-state index in [0.29, 0.717) is 27.6 Å². The van der Waals surface area contributed by atoms with Gasteiger partial charge in [0.05, 0.1) is 12.2 Å². The fourth-order valence-electron chi connectivity index (χ4n) is 2.48. The van der Waals surface area contributed by atoms with Crippen LogP contribution in [0.15, 0.2) is 24.3 Å². The number of hydrogen-bond acceptors (Lipinski definition) is 6. The summed E-state index contributed by atoms with van der Waals surface area (Å²) in [5.41, 5.74) is 0.828. The molecule has 3 rings (SSSR count). The molecule has 7 heteroatoms. The summed E-state index contributed by atoms with van der Waals surface area (Å²) in [6.07, 6.45) is 1.80. The molecule has 6 nitrogen and oxygen atoms in total. The van der Waals surface area contributed by atoms with Crippen LogP contribution in [-0.2, 0) is 11.2 Å². The number of benzene rings is 1. The van der Waals surface area contributed by atoms with Gasteiger partial charge in [0.15, 0.2) is 11.5 Å². The minimum atomic E-state index is -0.429. The molecule has 0 atom stereocenters. The van der Waals surface area contributed by atoms with E-state index in [9.17, 15) is 9.59 Å². The third-order valence-corrected chi connectivity index (χ3v) is 4.75. The van der Waals surface area contributed by atoms with Crippen LogP contribution >= 0.6 is 11.3 Å². The van der Waals surface area contributed by atoms with Gasteiger partial charge < -0.3 is 19.5 Å². The molecule has 0 unspecified atom stereocenters. The van der Waals surface area contributed by atoms with Crippen molar-refractivity contribution in [2.45, 2.75) is 26.7 Å². The number of hydrogen-bond donors (Lipinski definition) is 1. The van der Waals surface area contributed by atoms with E-state index in [4.69, 9.17) is 14.2 Å². The van der Waals surface area contributed by atoms with Crippen molar-refractivity contribution in [2.24, 2.45) is 0 Å². The zero-order valence-corrected chi connectivity index (χ0v) is 14.9. The highest BCUT2D eigenvalue weighted by atomic mass is 32.1. The van der Waals surface area contributed by atoms with Gasteiger partial charge in [0.1, 0.15) is 5.00 Å². The zero-order valence-electron chi connectivity index (χ0n) is 14.1. The molecule has 0 fully saturated rings. The summed E-state index contributed by atoms with van der Waals surface area (Å²) in [5, 5.41) is 3.32. The normalized spacial score (nSPS) is 12.1. The lowest BCUT2D eigenvalue weighted by molar-refractivity contribution is 0.0528. The van der Waals surface area contributed by atoms with Crippen molar-refractivity contribution in [3.63, 3.8) is 0 Å². The van der Waals surface area contributed by atoms with E-state index in [-0.39, 0.29) is 19.3 Å². The van der Waals surface area contributed by atoms with Crippen LogP contribution in [0.4, 0.5) is 5.00 Å². The third-order valence-electron chi connectivity index (χ3n) is 3.64. The van der Waals surface area contributed by atoms with Crippen LogP contribution in [0.2, 0.25) is 0 Å². The molecule has 0 bridgehead atoms. The molecule has 2 heterocycles. The number of esters is 1. The fourth-order valence-corrected chi connectivity index (χ4v) is 3.62. The van der Waals surface area contributed by atoms with Gasteiger partial charge in [-0.15, -0.1) is 11.3 Å². The van der Waals surface area contributed by atoms with Crippen molar-refractivity contribution in [1.29, 1.82) is 0 Å². The van der Waals surface area contributed by atoms with E-state index in [1.54, 1.807) is 31.2 Å². The Morgan fingerprint density at radius 3 is 2.76 bits per heavy atom. The van der Waals surface area contributed by atoms with Gasteiger partial charge in [-0.25, -0.2) is 4.79 Å². The molecule has 1 aromatic heterocycles. The lowest BCUT2D eigenvalue weighted by atomic mass is 10.2. The van der Waals surface area contributed by atoms with E-state index >= 15 is 0 Å². The molecule has 0 saturated heterocycles. The highest BCUT2D eigenvalue weighted by Crippen LogP contribution is 2.34. The van der Waals surface area contributed by atoms with Gasteiger partial charge in [-0.2, -0.15) is 0 Å². The smallest absolute Gasteiger partial charge is 0.341 e. The molecule has 0 spiro atoms. The highest BCUT2D eigenvalue weighted by Gasteiger charge is 2.21. The van der Waals surface area contributed by atoms with Gasteiger partial charge in [0.2, 0.25) is 6.79 Å². The average Bonchev–Trinajstić information content (AvgIpc) is 3.21. The Morgan fingerprint density at radius 2 is 2.00 bits per heavy atom. The Hall–Kier alpha value is -2.54. The van der Waals surface area contributed by atoms with Crippen LogP contribution < -0.4 is 14.8 Å². The summed E-state index contributed by atoms with van der Waals surface area (Å²) >= 11 is 1.40. The summed E-state index contributed by atoms with van der Waals surface area (Å²) in [5.74, 6) is 0.414. The summed E-state index contributed by atoms with van der Waals surface area (Å²) < 4.78 is 15.6. The summed E-state index contributed by atoms with van der Waals surface area (Å²) in [4.78, 5) is 25.7. The average molecular weight is 361 g/mol. The molecular formula is C18H19NO5S. The number of rotatable bonds is 6. The number of aryl methyl sites for hydroxylation is 1. The van der Waals surface area contributed by atoms with Crippen LogP contribution in [0.1, 0.15) is 45.9 Å². The lowest BCUT2D eigenvalue weighted by Gasteiger charge is -2.06. The van der Waals surface area contributed by atoms with Gasteiger partial charge in [0.25, 0.3) is 5.91 Å². The molecular weight excluding hydrogens is 342 g/mol. The SMILES string of the molecule is CCCc1cc(C(=O)OCC)c(NC(=O)c2ccc3c(c2)OCO3)s1. The first-order valence-electron chi connectivity index (χ1n) is 8.13. The molecule has 0 aliphatic carbocycles. The van der Waals surface area contributed by atoms with Crippen molar-refractivity contribution in [3.05, 3.63) is 40.3 Å². The van der Waals surface area contributed by atoms with E-state index in [0.717, 1.165) is 17.7 Å². The first kappa shape index (κ1) is 17.3. The maximum atomic E-state index is 12.6. The number of amides is 1. The predicted octanol–water partition coefficient (Wildman–Crippen LogP) is 3.86. The maximum absolute atomic E-state index is 12.6. The van der Waals surface area contributed by atoms with Gasteiger partial charge in [-0.1, -0.05) is 13.3 Å². The van der Waals surface area contributed by atoms with Crippen LogP contribution in [-0.4, -0.2) is 25.3 Å². The molecule has 1 amide bonds. The zero-order chi connectivity index (χ0) is 17.8. The Kier molecular flexibility index (Phi) is 5.23. The molecule has 25 heavy (non-hydrogen) atoms. The number of anilines is 1. The van der Waals surface area contributed by atoms with E-state index in [2.05, 4.69) is 12.2 Å². The van der Waals surface area contributed by atoms with Gasteiger partial charge in [-0.05, 0) is 37.6 Å². The quantitative estimate of drug-likeness (QED) is 0.791. The Morgan fingerprint density at radius 1 is 1.20 bits per heavy atom. The molecule has 1 aliphatic rings. The first-order valence-corrected chi connectivity index (χ1v) is 8.94. The van der Waals surface area contributed by atoms with Crippen LogP contribution in [0.3, 0.4) is 0 Å². The van der Waals surface area contributed by atoms with Crippen LogP contribution in [0, 0.1) is 0 Å². The van der Waals surface area contributed by atoms with Crippen molar-refractivity contribution in [3.8, 4) is 11.5 Å². The predicted molar refractivity (Wildman–Crippen MR) is 94.8 cm³/mol. The van der Waals surface area contributed by atoms with Gasteiger partial charge in [0, 0.05) is 10.4 Å². The lowest BCUT2D eigenvalue weighted by Crippen LogP contribution is -2.14. The monoisotopic (exact) mass is 361 g/mol. The number of carbonyl (C=O) groups excluding carboxylic acids is 2. The van der Waals surface area contributed by atoms with Gasteiger partial charge in [-0.3, -0.25) is 4.79 Å². The topological polar surface area (TPSA) is 73.9 Å². The second kappa shape index (κ2) is 7.57. The Labute approximate surface area is 149 Å². The molecule has 2 aromatic rings. The first-order chi connectivity index (χ1) is 12.1. The van der Waals surface area contributed by atoms with E-state index < -0.39 is 5.97 Å². The largest absolute Gasteiger partial charge is 0.462 e. The molecule has 132 valence electrons. The van der Waals surface area contributed by atoms with Crippen LogP contribution in [0.5, 0.6) is 11.5 Å². The Bertz CT molecular complexity index is 799. The van der Waals surface area contributed by atoms with Gasteiger partial charge >= 0.3 is 5.97 Å². The third kappa shape index (κ3) is 3.76. The number of nitrogens with one attached hydrogen (secondary N) is 1. The fraction of sp³-hybridized carbons (Fsp3) is 0.333. The number of ether oxygens (including phenoxy) is 3. The molecule has 1 aromatic carbocycles. The summed E-state index contributed by atoms with van der Waals surface area (Å²) in [6.45, 7) is 4.25. The Balaban J connectivity index is 1.83. The standard InChI is InChI=1S/C18H19NO5S/c1-3-5-12-9-13(18(21)22-4-2)17(25-12)19-16(20)11-6-7-14-15(8-11)24-10-23-14/h6-9H,3-5,10H2,1-2H3,(H,19,20). The minimum absolute atomic E-state index is 0.152. The van der Waals surface area contributed by atoms with Crippen molar-refractivity contribution in [1.82, 2.24) is 0 Å². The maximum Gasteiger partial charge on any atom is 0.341 e. The molecule has 1 N–H and O–H groups in total. The van der Waals surface area contributed by atoms with E-state index in [1.807, 2.05) is 0 Å². The van der Waals surface area contributed by atoms with Crippen molar-refractivity contribution >= 4 is 28.2 Å². The van der Waals surface area contributed by atoms with E-state index in [1.165, 1.54) is 11.3 Å². The molecule has 0 saturated carbocycles. The number of carbonyl (C=O) groups is 2. The van der Waals surface area contributed by atoms with Crippen LogP contribution in [0.25, 0.3) is 0 Å². The molecule has 1 aliphatic heterocycles. The molecule has 0 radical (unpaired) electrons. The highest BCUT2D eigenvalue weighted by molar-refractivity contribution is 7.16. The van der Waals surface area contributed by atoms with Crippen molar-refractivity contribution in [2.75, 3.05) is 18.7 Å². The second-order valence-corrected chi connectivity index (χ2v) is 6.58. The van der Waals surface area contributed by atoms with Crippen molar-refractivity contribution < 1.29 is 23.8 Å². The minimum Gasteiger partial charge on any atom is -0.462 e. The summed E-state index contributed by atoms with van der Waals surface area (Å²) in [6, 6.07) is 6.78. The summed E-state index contributed by atoms with van der Waals surface area (Å²) in [7, 11) is 0. The number of thiophene rings is 1. The second-order valence-electron chi connectivity index (χ2n) is 5.45.